The van der Waals surface area contributed by atoms with Crippen LogP contribution in [0.2, 0.25) is 0 Å². The number of aryl methyl sites for hydroxylation is 1. The number of rotatable bonds is 8. The van der Waals surface area contributed by atoms with E-state index in [2.05, 4.69) is 36.1 Å². The molecule has 1 amide bonds. The number of aromatic nitrogens is 2. The van der Waals surface area contributed by atoms with Crippen LogP contribution in [0.4, 0.5) is 4.39 Å². The molecule has 0 spiro atoms. The Morgan fingerprint density at radius 1 is 1.32 bits per heavy atom. The fourth-order valence-corrected chi connectivity index (χ4v) is 4.35. The van der Waals surface area contributed by atoms with Crippen LogP contribution in [0.25, 0.3) is 10.2 Å². The molecule has 0 unspecified atom stereocenters. The van der Waals surface area contributed by atoms with Crippen LogP contribution in [0.15, 0.2) is 30.3 Å². The minimum atomic E-state index is -0.250. The number of nitrogens with one attached hydrogen (secondary N) is 1. The summed E-state index contributed by atoms with van der Waals surface area (Å²) in [6.45, 7) is 11.4. The van der Waals surface area contributed by atoms with E-state index in [-0.39, 0.29) is 11.7 Å². The van der Waals surface area contributed by atoms with Crippen molar-refractivity contribution in [2.24, 2.45) is 0 Å². The van der Waals surface area contributed by atoms with Crippen molar-refractivity contribution in [2.75, 3.05) is 19.6 Å². The maximum absolute atomic E-state index is 13.1. The van der Waals surface area contributed by atoms with E-state index in [1.165, 1.54) is 23.5 Å². The van der Waals surface area contributed by atoms with Gasteiger partial charge in [-0.15, -0.1) is 11.3 Å². The Kier molecular flexibility index (Phi) is 6.46. The highest BCUT2D eigenvalue weighted by molar-refractivity contribution is 7.20. The lowest BCUT2D eigenvalue weighted by Crippen LogP contribution is -2.38. The van der Waals surface area contributed by atoms with Crippen molar-refractivity contribution in [1.29, 1.82) is 0 Å². The molecule has 0 atom stereocenters. The van der Waals surface area contributed by atoms with Crippen LogP contribution in [-0.2, 0) is 6.54 Å². The Balaban J connectivity index is 1.71. The summed E-state index contributed by atoms with van der Waals surface area (Å²) in [5.41, 5.74) is 1.86. The Bertz CT molecular complexity index is 945. The minimum Gasteiger partial charge on any atom is -0.350 e. The van der Waals surface area contributed by atoms with E-state index in [1.54, 1.807) is 12.1 Å². The molecule has 28 heavy (non-hydrogen) atoms. The zero-order chi connectivity index (χ0) is 20.3. The first-order valence-corrected chi connectivity index (χ1v) is 10.4. The summed E-state index contributed by atoms with van der Waals surface area (Å²) in [7, 11) is 0. The highest BCUT2D eigenvalue weighted by Crippen LogP contribution is 2.28. The van der Waals surface area contributed by atoms with Crippen molar-refractivity contribution >= 4 is 27.5 Å². The van der Waals surface area contributed by atoms with Gasteiger partial charge < -0.3 is 5.32 Å². The molecule has 5 nitrogen and oxygen atoms in total. The highest BCUT2D eigenvalue weighted by atomic mass is 32.1. The number of benzene rings is 1. The second-order valence-electron chi connectivity index (χ2n) is 7.18. The van der Waals surface area contributed by atoms with Gasteiger partial charge in [-0.25, -0.2) is 4.39 Å². The number of hydrogen-bond acceptors (Lipinski definition) is 4. The van der Waals surface area contributed by atoms with E-state index in [0.717, 1.165) is 34.6 Å². The quantitative estimate of drug-likeness (QED) is 0.618. The number of carbonyl (C=O) groups excluding carboxylic acids is 1. The minimum absolute atomic E-state index is 0.0475. The van der Waals surface area contributed by atoms with E-state index in [4.69, 9.17) is 0 Å². The van der Waals surface area contributed by atoms with Gasteiger partial charge in [-0.1, -0.05) is 19.1 Å². The number of hydrogen-bond donors (Lipinski definition) is 1. The molecule has 1 aromatic carbocycles. The van der Waals surface area contributed by atoms with E-state index < -0.39 is 0 Å². The number of nitrogens with zero attached hydrogens (tertiary/aromatic N) is 3. The molecule has 0 aliphatic rings. The van der Waals surface area contributed by atoms with Crippen LogP contribution in [0.1, 0.15) is 41.7 Å². The maximum Gasteiger partial charge on any atom is 0.261 e. The van der Waals surface area contributed by atoms with Crippen LogP contribution >= 0.6 is 11.3 Å². The molecular formula is C21H27FN4OS. The van der Waals surface area contributed by atoms with Gasteiger partial charge in [0.05, 0.1) is 17.1 Å². The molecule has 0 radical (unpaired) electrons. The molecule has 0 fully saturated rings. The number of amides is 1. The molecule has 1 N–H and O–H groups in total. The Labute approximate surface area is 169 Å². The zero-order valence-corrected chi connectivity index (χ0v) is 17.6. The smallest absolute Gasteiger partial charge is 0.261 e. The van der Waals surface area contributed by atoms with Gasteiger partial charge in [-0.2, -0.15) is 5.10 Å². The Morgan fingerprint density at radius 3 is 2.68 bits per heavy atom. The van der Waals surface area contributed by atoms with Crippen molar-refractivity contribution in [2.45, 2.75) is 40.3 Å². The molecule has 150 valence electrons. The van der Waals surface area contributed by atoms with Crippen LogP contribution in [0, 0.1) is 12.7 Å². The molecule has 0 bridgehead atoms. The monoisotopic (exact) mass is 402 g/mol. The number of likely N-dealkylation sites (N-methyl/N-ethyl adjacent to an activating group) is 1. The second-order valence-corrected chi connectivity index (χ2v) is 8.21. The summed E-state index contributed by atoms with van der Waals surface area (Å²) in [6.07, 6.45) is 0. The molecular weight excluding hydrogens is 375 g/mol. The molecule has 0 saturated heterocycles. The van der Waals surface area contributed by atoms with Crippen molar-refractivity contribution < 1.29 is 9.18 Å². The van der Waals surface area contributed by atoms with Crippen molar-refractivity contribution in [3.8, 4) is 0 Å². The zero-order valence-electron chi connectivity index (χ0n) is 16.8. The summed E-state index contributed by atoms with van der Waals surface area (Å²) in [5, 5.41) is 8.60. The van der Waals surface area contributed by atoms with Crippen LogP contribution < -0.4 is 5.32 Å². The van der Waals surface area contributed by atoms with Gasteiger partial charge in [0.2, 0.25) is 0 Å². The van der Waals surface area contributed by atoms with E-state index in [1.807, 2.05) is 17.7 Å². The van der Waals surface area contributed by atoms with Gasteiger partial charge in [0.25, 0.3) is 5.91 Å². The number of thiophene rings is 1. The summed E-state index contributed by atoms with van der Waals surface area (Å²) >= 11 is 1.45. The topological polar surface area (TPSA) is 50.2 Å². The third kappa shape index (κ3) is 4.59. The van der Waals surface area contributed by atoms with Gasteiger partial charge in [-0.05, 0) is 51.1 Å². The van der Waals surface area contributed by atoms with E-state index in [9.17, 15) is 9.18 Å². The first-order valence-electron chi connectivity index (χ1n) is 9.62. The highest BCUT2D eigenvalue weighted by Gasteiger charge is 2.17. The summed E-state index contributed by atoms with van der Waals surface area (Å²) < 4.78 is 15.0. The fourth-order valence-electron chi connectivity index (χ4n) is 3.28. The molecule has 3 rings (SSSR count). The predicted molar refractivity (Wildman–Crippen MR) is 113 cm³/mol. The number of halogens is 1. The lowest BCUT2D eigenvalue weighted by atomic mass is 10.2. The maximum atomic E-state index is 13.1. The van der Waals surface area contributed by atoms with Crippen molar-refractivity contribution in [3.63, 3.8) is 0 Å². The van der Waals surface area contributed by atoms with E-state index in [0.29, 0.717) is 24.0 Å². The molecule has 7 heteroatoms. The van der Waals surface area contributed by atoms with Gasteiger partial charge in [-0.3, -0.25) is 14.4 Å². The largest absolute Gasteiger partial charge is 0.350 e. The third-order valence-corrected chi connectivity index (χ3v) is 6.05. The average molecular weight is 403 g/mol. The SMILES string of the molecule is CCN(CCNC(=O)c1cc2c(C)nn(Cc3ccc(F)cc3)c2s1)C(C)C. The predicted octanol–water partition coefficient (Wildman–Crippen LogP) is 4.05. The number of carbonyl (C=O) groups is 1. The van der Waals surface area contributed by atoms with Crippen molar-refractivity contribution in [3.05, 3.63) is 52.3 Å². The molecule has 0 saturated carbocycles. The molecule has 2 aromatic heterocycles. The molecule has 3 aromatic rings. The van der Waals surface area contributed by atoms with Crippen molar-refractivity contribution in [1.82, 2.24) is 20.0 Å². The van der Waals surface area contributed by atoms with E-state index >= 15 is 0 Å². The molecule has 0 aliphatic heterocycles. The lowest BCUT2D eigenvalue weighted by Gasteiger charge is -2.24. The van der Waals surface area contributed by atoms with Crippen LogP contribution in [0.5, 0.6) is 0 Å². The number of fused-ring (bicyclic) bond motifs is 1. The summed E-state index contributed by atoms with van der Waals surface area (Å²) in [6, 6.07) is 8.80. The first-order chi connectivity index (χ1) is 13.4. The molecule has 2 heterocycles. The summed E-state index contributed by atoms with van der Waals surface area (Å²) in [5.74, 6) is -0.298. The second kappa shape index (κ2) is 8.84. The van der Waals surface area contributed by atoms with Gasteiger partial charge in [0.1, 0.15) is 10.6 Å². The third-order valence-electron chi connectivity index (χ3n) is 4.90. The Morgan fingerprint density at radius 2 is 2.04 bits per heavy atom. The van der Waals surface area contributed by atoms with Gasteiger partial charge >= 0.3 is 0 Å². The van der Waals surface area contributed by atoms with Gasteiger partial charge in [0.15, 0.2) is 0 Å². The first kappa shape index (κ1) is 20.5. The Hall–Kier alpha value is -2.25. The standard InChI is InChI=1S/C21H27FN4OS/c1-5-25(14(2)3)11-10-23-20(27)19-12-18-15(4)24-26(21(18)28-19)13-16-6-8-17(22)9-7-16/h6-9,12,14H,5,10-11,13H2,1-4H3,(H,23,27). The fraction of sp³-hybridized carbons (Fsp3) is 0.429. The average Bonchev–Trinajstić information content (AvgIpc) is 3.22. The molecule has 0 aliphatic carbocycles. The lowest BCUT2D eigenvalue weighted by molar-refractivity contribution is 0.0950. The van der Waals surface area contributed by atoms with Crippen LogP contribution in [0.3, 0.4) is 0 Å². The van der Waals surface area contributed by atoms with Gasteiger partial charge in [0, 0.05) is 24.5 Å². The normalized spacial score (nSPS) is 11.7. The van der Waals surface area contributed by atoms with Crippen LogP contribution in [-0.4, -0.2) is 46.3 Å². The summed E-state index contributed by atoms with van der Waals surface area (Å²) in [4.78, 5) is 16.5.